The Morgan fingerprint density at radius 2 is 2.17 bits per heavy atom. The predicted molar refractivity (Wildman–Crippen MR) is 67.4 cm³/mol. The number of hydrogen-bond acceptors (Lipinski definition) is 3. The summed E-state index contributed by atoms with van der Waals surface area (Å²) in [6.45, 7) is 5.11. The summed E-state index contributed by atoms with van der Waals surface area (Å²) in [7, 11) is 0. The first kappa shape index (κ1) is 14.2. The smallest absolute Gasteiger partial charge is 0.329 e. The molecule has 0 radical (unpaired) electrons. The van der Waals surface area contributed by atoms with Crippen LogP contribution in [0.5, 0.6) is 0 Å². The van der Waals surface area contributed by atoms with E-state index < -0.39 is 17.4 Å². The second-order valence-corrected chi connectivity index (χ2v) is 4.48. The number of rotatable bonds is 5. The van der Waals surface area contributed by atoms with E-state index in [0.29, 0.717) is 24.1 Å². The molecule has 0 aliphatic heterocycles. The van der Waals surface area contributed by atoms with Gasteiger partial charge in [-0.2, -0.15) is 0 Å². The lowest BCUT2D eigenvalue weighted by Gasteiger charge is -2.26. The van der Waals surface area contributed by atoms with E-state index in [1.165, 1.54) is 6.92 Å². The van der Waals surface area contributed by atoms with Crippen LogP contribution in [0.15, 0.2) is 18.3 Å². The fourth-order valence-electron chi connectivity index (χ4n) is 1.77. The second-order valence-electron chi connectivity index (χ2n) is 4.48. The monoisotopic (exact) mass is 250 g/mol. The molecule has 5 nitrogen and oxygen atoms in total. The van der Waals surface area contributed by atoms with Gasteiger partial charge in [0.15, 0.2) is 0 Å². The molecule has 1 rings (SSSR count). The van der Waals surface area contributed by atoms with Gasteiger partial charge in [0, 0.05) is 11.9 Å². The standard InChI is InChI=1S/C13H18N2O3/c1-4-7-13(3,12(17)18)15-11(16)10-6-5-8-14-9(10)2/h5-6,8H,4,7H2,1-3H3,(H,15,16)(H,17,18). The number of carbonyl (C=O) groups excluding carboxylic acids is 1. The Kier molecular flexibility index (Phi) is 4.42. The fraction of sp³-hybridized carbons (Fsp3) is 0.462. The summed E-state index contributed by atoms with van der Waals surface area (Å²) in [6, 6.07) is 3.28. The van der Waals surface area contributed by atoms with Crippen LogP contribution in [0.1, 0.15) is 42.7 Å². The molecule has 98 valence electrons. The van der Waals surface area contributed by atoms with Crippen LogP contribution < -0.4 is 5.32 Å². The average Bonchev–Trinajstić information content (AvgIpc) is 2.29. The third kappa shape index (κ3) is 3.06. The zero-order valence-corrected chi connectivity index (χ0v) is 10.9. The van der Waals surface area contributed by atoms with Crippen LogP contribution in [0.25, 0.3) is 0 Å². The molecule has 5 heteroatoms. The molecule has 0 saturated heterocycles. The molecule has 1 aromatic heterocycles. The lowest BCUT2D eigenvalue weighted by molar-refractivity contribution is -0.144. The Balaban J connectivity index is 2.93. The SMILES string of the molecule is CCCC(C)(NC(=O)c1cccnc1C)C(=O)O. The average molecular weight is 250 g/mol. The van der Waals surface area contributed by atoms with Crippen molar-refractivity contribution in [1.82, 2.24) is 10.3 Å². The summed E-state index contributed by atoms with van der Waals surface area (Å²) in [5, 5.41) is 11.8. The Hall–Kier alpha value is -1.91. The number of aryl methyl sites for hydroxylation is 1. The summed E-state index contributed by atoms with van der Waals surface area (Å²) in [4.78, 5) is 27.3. The first-order valence-electron chi connectivity index (χ1n) is 5.88. The molecule has 1 atom stereocenters. The quantitative estimate of drug-likeness (QED) is 0.834. The van der Waals surface area contributed by atoms with Gasteiger partial charge in [0.05, 0.1) is 5.56 Å². The van der Waals surface area contributed by atoms with Crippen LogP contribution >= 0.6 is 0 Å². The van der Waals surface area contributed by atoms with E-state index in [1.807, 2.05) is 6.92 Å². The summed E-state index contributed by atoms with van der Waals surface area (Å²) in [5.74, 6) is -1.43. The van der Waals surface area contributed by atoms with Crippen molar-refractivity contribution < 1.29 is 14.7 Å². The number of aliphatic carboxylic acids is 1. The van der Waals surface area contributed by atoms with Gasteiger partial charge in [0.2, 0.25) is 0 Å². The van der Waals surface area contributed by atoms with Gasteiger partial charge in [-0.1, -0.05) is 13.3 Å². The summed E-state index contributed by atoms with van der Waals surface area (Å²) >= 11 is 0. The number of nitrogens with zero attached hydrogens (tertiary/aromatic N) is 1. The summed E-state index contributed by atoms with van der Waals surface area (Å²) in [6.07, 6.45) is 2.65. The van der Waals surface area contributed by atoms with E-state index in [2.05, 4.69) is 10.3 Å². The first-order valence-corrected chi connectivity index (χ1v) is 5.88. The molecule has 0 aromatic carbocycles. The van der Waals surface area contributed by atoms with Gasteiger partial charge in [-0.3, -0.25) is 9.78 Å². The van der Waals surface area contributed by atoms with Crippen molar-refractivity contribution in [2.45, 2.75) is 39.2 Å². The highest BCUT2D eigenvalue weighted by Crippen LogP contribution is 2.14. The van der Waals surface area contributed by atoms with E-state index in [0.717, 1.165) is 0 Å². The van der Waals surface area contributed by atoms with Crippen LogP contribution in [0.4, 0.5) is 0 Å². The maximum atomic E-state index is 12.0. The zero-order chi connectivity index (χ0) is 13.8. The van der Waals surface area contributed by atoms with Crippen LogP contribution in [-0.2, 0) is 4.79 Å². The number of amides is 1. The summed E-state index contributed by atoms with van der Waals surface area (Å²) in [5.41, 5.74) is -0.256. The van der Waals surface area contributed by atoms with Crippen LogP contribution in [0, 0.1) is 6.92 Å². The Morgan fingerprint density at radius 1 is 1.50 bits per heavy atom. The molecule has 0 saturated carbocycles. The van der Waals surface area contributed by atoms with Crippen LogP contribution in [0.2, 0.25) is 0 Å². The van der Waals surface area contributed by atoms with Gasteiger partial charge in [0.25, 0.3) is 5.91 Å². The molecular weight excluding hydrogens is 232 g/mol. The van der Waals surface area contributed by atoms with E-state index in [-0.39, 0.29) is 0 Å². The highest BCUT2D eigenvalue weighted by molar-refractivity contribution is 5.98. The van der Waals surface area contributed by atoms with Crippen molar-refractivity contribution in [3.05, 3.63) is 29.6 Å². The molecule has 0 bridgehead atoms. The Labute approximate surface area is 106 Å². The van der Waals surface area contributed by atoms with E-state index in [1.54, 1.807) is 25.3 Å². The Morgan fingerprint density at radius 3 is 2.67 bits per heavy atom. The molecule has 1 aromatic rings. The van der Waals surface area contributed by atoms with Gasteiger partial charge in [-0.05, 0) is 32.4 Å². The predicted octanol–water partition coefficient (Wildman–Crippen LogP) is 1.76. The van der Waals surface area contributed by atoms with Crippen molar-refractivity contribution in [2.75, 3.05) is 0 Å². The third-order valence-electron chi connectivity index (χ3n) is 2.86. The molecule has 0 aliphatic rings. The molecule has 0 fully saturated rings. The topological polar surface area (TPSA) is 79.3 Å². The van der Waals surface area contributed by atoms with Crippen molar-refractivity contribution in [3.63, 3.8) is 0 Å². The lowest BCUT2D eigenvalue weighted by Crippen LogP contribution is -2.52. The number of nitrogens with one attached hydrogen (secondary N) is 1. The number of pyridine rings is 1. The van der Waals surface area contributed by atoms with E-state index >= 15 is 0 Å². The number of carboxylic acids is 1. The van der Waals surface area contributed by atoms with E-state index in [4.69, 9.17) is 0 Å². The largest absolute Gasteiger partial charge is 0.480 e. The first-order chi connectivity index (χ1) is 8.40. The molecule has 0 aliphatic carbocycles. The zero-order valence-electron chi connectivity index (χ0n) is 10.9. The number of carbonyl (C=O) groups is 2. The van der Waals surface area contributed by atoms with Crippen molar-refractivity contribution >= 4 is 11.9 Å². The molecule has 1 unspecified atom stereocenters. The van der Waals surface area contributed by atoms with Gasteiger partial charge >= 0.3 is 5.97 Å². The van der Waals surface area contributed by atoms with Crippen LogP contribution in [-0.4, -0.2) is 27.5 Å². The molecular formula is C13H18N2O3. The van der Waals surface area contributed by atoms with Gasteiger partial charge in [-0.15, -0.1) is 0 Å². The fourth-order valence-corrected chi connectivity index (χ4v) is 1.77. The van der Waals surface area contributed by atoms with Crippen molar-refractivity contribution in [1.29, 1.82) is 0 Å². The molecule has 1 amide bonds. The molecule has 2 N–H and O–H groups in total. The molecule has 18 heavy (non-hydrogen) atoms. The highest BCUT2D eigenvalue weighted by atomic mass is 16.4. The third-order valence-corrected chi connectivity index (χ3v) is 2.86. The number of aromatic nitrogens is 1. The minimum absolute atomic E-state index is 0.382. The van der Waals surface area contributed by atoms with Gasteiger partial charge in [0.1, 0.15) is 5.54 Å². The van der Waals surface area contributed by atoms with E-state index in [9.17, 15) is 14.7 Å². The number of carboxylic acid groups (broad SMARTS) is 1. The normalized spacial score (nSPS) is 13.7. The molecule has 1 heterocycles. The minimum Gasteiger partial charge on any atom is -0.480 e. The highest BCUT2D eigenvalue weighted by Gasteiger charge is 2.34. The number of hydrogen-bond donors (Lipinski definition) is 2. The van der Waals surface area contributed by atoms with Crippen molar-refractivity contribution in [3.8, 4) is 0 Å². The maximum Gasteiger partial charge on any atom is 0.329 e. The van der Waals surface area contributed by atoms with Crippen LogP contribution in [0.3, 0.4) is 0 Å². The lowest BCUT2D eigenvalue weighted by atomic mass is 9.95. The maximum absolute atomic E-state index is 12.0. The Bertz CT molecular complexity index is 459. The summed E-state index contributed by atoms with van der Waals surface area (Å²) < 4.78 is 0. The second kappa shape index (κ2) is 5.62. The van der Waals surface area contributed by atoms with Gasteiger partial charge < -0.3 is 10.4 Å². The minimum atomic E-state index is -1.24. The van der Waals surface area contributed by atoms with Crippen molar-refractivity contribution in [2.24, 2.45) is 0 Å². The van der Waals surface area contributed by atoms with Gasteiger partial charge in [-0.25, -0.2) is 4.79 Å². The molecule has 0 spiro atoms.